The number of hydrogen-bond acceptors (Lipinski definition) is 3. The number of carbonyl (C=O) groups excluding carboxylic acids is 1. The number of aromatic nitrogens is 3. The van der Waals surface area contributed by atoms with E-state index < -0.39 is 11.9 Å². The van der Waals surface area contributed by atoms with Crippen molar-refractivity contribution in [2.24, 2.45) is 0 Å². The lowest BCUT2D eigenvalue weighted by Crippen LogP contribution is -2.28. The average Bonchev–Trinajstić information content (AvgIpc) is 3.19. The quantitative estimate of drug-likeness (QED) is 0.845. The number of halogens is 3. The second-order valence-electron chi connectivity index (χ2n) is 6.40. The van der Waals surface area contributed by atoms with Gasteiger partial charge in [0.1, 0.15) is 5.69 Å². The summed E-state index contributed by atoms with van der Waals surface area (Å²) in [5.41, 5.74) is 0.355. The summed E-state index contributed by atoms with van der Waals surface area (Å²) >= 11 is 0. The molecule has 3 rings (SSSR count). The van der Waals surface area contributed by atoms with Gasteiger partial charge < -0.3 is 4.90 Å². The van der Waals surface area contributed by atoms with Crippen LogP contribution < -0.4 is 0 Å². The molecule has 8 heteroatoms. The van der Waals surface area contributed by atoms with Gasteiger partial charge in [-0.1, -0.05) is 13.8 Å². The highest BCUT2D eigenvalue weighted by atomic mass is 19.4. The van der Waals surface area contributed by atoms with Crippen molar-refractivity contribution in [3.63, 3.8) is 0 Å². The minimum atomic E-state index is -4.49. The molecule has 0 aliphatic carbocycles. The summed E-state index contributed by atoms with van der Waals surface area (Å²) in [6.07, 6.45) is -2.08. The number of carbonyl (C=O) groups is 1. The Hall–Kier alpha value is -2.12. The fourth-order valence-electron chi connectivity index (χ4n) is 3.23. The standard InChI is InChI=1S/C17H21F3N4O/c1-3-5-16(25)23-7-6-11(10-23)13-9-15-21-12(4-2)8-14(17(18,19)20)24(15)22-13/h8-9,11H,3-7,10H2,1-2H3. The van der Waals surface area contributed by atoms with Crippen LogP contribution in [0.5, 0.6) is 0 Å². The van der Waals surface area contributed by atoms with Gasteiger partial charge in [-0.25, -0.2) is 9.50 Å². The maximum Gasteiger partial charge on any atom is 0.433 e. The molecule has 3 heterocycles. The smallest absolute Gasteiger partial charge is 0.342 e. The molecule has 1 atom stereocenters. The normalized spacial score (nSPS) is 18.3. The Morgan fingerprint density at radius 1 is 1.32 bits per heavy atom. The molecule has 2 aromatic rings. The molecule has 1 amide bonds. The SMILES string of the molecule is CCCC(=O)N1CCC(c2cc3nc(CC)cc(C(F)(F)F)n3n2)C1. The number of rotatable bonds is 4. The van der Waals surface area contributed by atoms with Crippen molar-refractivity contribution in [1.82, 2.24) is 19.5 Å². The molecular weight excluding hydrogens is 333 g/mol. The third-order valence-corrected chi connectivity index (χ3v) is 4.57. The van der Waals surface area contributed by atoms with Crippen molar-refractivity contribution < 1.29 is 18.0 Å². The summed E-state index contributed by atoms with van der Waals surface area (Å²) in [5.74, 6) is 0.0461. The Morgan fingerprint density at radius 3 is 2.72 bits per heavy atom. The second kappa shape index (κ2) is 6.65. The van der Waals surface area contributed by atoms with E-state index in [0.717, 1.165) is 17.0 Å². The summed E-state index contributed by atoms with van der Waals surface area (Å²) < 4.78 is 40.9. The molecule has 2 aromatic heterocycles. The van der Waals surface area contributed by atoms with E-state index in [0.29, 0.717) is 43.7 Å². The van der Waals surface area contributed by atoms with Gasteiger partial charge in [-0.15, -0.1) is 0 Å². The van der Waals surface area contributed by atoms with Crippen LogP contribution in [0.3, 0.4) is 0 Å². The van der Waals surface area contributed by atoms with Crippen LogP contribution in [-0.2, 0) is 17.4 Å². The maximum atomic E-state index is 13.3. The van der Waals surface area contributed by atoms with E-state index >= 15 is 0 Å². The maximum absolute atomic E-state index is 13.3. The summed E-state index contributed by atoms with van der Waals surface area (Å²) in [7, 11) is 0. The zero-order valence-corrected chi connectivity index (χ0v) is 14.3. The number of amides is 1. The third kappa shape index (κ3) is 3.48. The Bertz CT molecular complexity index is 784. The highest BCUT2D eigenvalue weighted by molar-refractivity contribution is 5.76. The first-order valence-electron chi connectivity index (χ1n) is 8.58. The predicted molar refractivity (Wildman–Crippen MR) is 86.2 cm³/mol. The summed E-state index contributed by atoms with van der Waals surface area (Å²) in [6.45, 7) is 4.84. The van der Waals surface area contributed by atoms with Crippen LogP contribution in [0, 0.1) is 0 Å². The van der Waals surface area contributed by atoms with Crippen LogP contribution in [0.4, 0.5) is 13.2 Å². The van der Waals surface area contributed by atoms with Gasteiger partial charge >= 0.3 is 6.18 Å². The average molecular weight is 354 g/mol. The minimum absolute atomic E-state index is 0.0475. The molecule has 1 aliphatic heterocycles. The summed E-state index contributed by atoms with van der Waals surface area (Å²) in [5, 5.41) is 4.17. The molecule has 136 valence electrons. The Kier molecular flexibility index (Phi) is 4.71. The van der Waals surface area contributed by atoms with Gasteiger partial charge in [-0.3, -0.25) is 4.79 Å². The van der Waals surface area contributed by atoms with Gasteiger partial charge in [0.05, 0.1) is 5.69 Å². The Morgan fingerprint density at radius 2 is 2.08 bits per heavy atom. The molecule has 1 unspecified atom stereocenters. The number of fused-ring (bicyclic) bond motifs is 1. The van der Waals surface area contributed by atoms with Crippen molar-refractivity contribution in [2.75, 3.05) is 13.1 Å². The molecule has 1 aliphatic rings. The van der Waals surface area contributed by atoms with Gasteiger partial charge in [0.15, 0.2) is 5.65 Å². The number of aryl methyl sites for hydroxylation is 1. The number of likely N-dealkylation sites (tertiary alicyclic amines) is 1. The molecule has 25 heavy (non-hydrogen) atoms. The zero-order valence-electron chi connectivity index (χ0n) is 14.3. The van der Waals surface area contributed by atoms with Crippen LogP contribution >= 0.6 is 0 Å². The van der Waals surface area contributed by atoms with E-state index in [1.165, 1.54) is 0 Å². The van der Waals surface area contributed by atoms with Crippen LogP contribution in [0.2, 0.25) is 0 Å². The van der Waals surface area contributed by atoms with Crippen molar-refractivity contribution in [3.8, 4) is 0 Å². The molecule has 0 aromatic carbocycles. The Labute approximate surface area is 143 Å². The highest BCUT2D eigenvalue weighted by Gasteiger charge is 2.36. The van der Waals surface area contributed by atoms with Crippen LogP contribution in [0.15, 0.2) is 12.1 Å². The van der Waals surface area contributed by atoms with Crippen LogP contribution in [-0.4, -0.2) is 38.5 Å². The van der Waals surface area contributed by atoms with E-state index in [1.807, 2.05) is 6.92 Å². The largest absolute Gasteiger partial charge is 0.433 e. The van der Waals surface area contributed by atoms with Gasteiger partial charge in [0.2, 0.25) is 5.91 Å². The lowest BCUT2D eigenvalue weighted by molar-refractivity contribution is -0.142. The van der Waals surface area contributed by atoms with Crippen LogP contribution in [0.1, 0.15) is 56.1 Å². The van der Waals surface area contributed by atoms with E-state index in [9.17, 15) is 18.0 Å². The second-order valence-corrected chi connectivity index (χ2v) is 6.40. The predicted octanol–water partition coefficient (Wildman–Crippen LogP) is 3.43. The molecule has 5 nitrogen and oxygen atoms in total. The lowest BCUT2D eigenvalue weighted by atomic mass is 10.1. The van der Waals surface area contributed by atoms with Gasteiger partial charge in [0, 0.05) is 37.2 Å². The Balaban J connectivity index is 1.93. The molecular formula is C17H21F3N4O. The van der Waals surface area contributed by atoms with Gasteiger partial charge in [0.25, 0.3) is 0 Å². The van der Waals surface area contributed by atoms with E-state index in [-0.39, 0.29) is 17.5 Å². The number of nitrogens with zero attached hydrogens (tertiary/aromatic N) is 4. The van der Waals surface area contributed by atoms with Gasteiger partial charge in [-0.2, -0.15) is 18.3 Å². The zero-order chi connectivity index (χ0) is 18.2. The molecule has 0 bridgehead atoms. The molecule has 1 saturated heterocycles. The molecule has 0 radical (unpaired) electrons. The topological polar surface area (TPSA) is 50.5 Å². The number of hydrogen-bond donors (Lipinski definition) is 0. The van der Waals surface area contributed by atoms with E-state index in [4.69, 9.17) is 0 Å². The van der Waals surface area contributed by atoms with Crippen molar-refractivity contribution in [3.05, 3.63) is 29.2 Å². The van der Waals surface area contributed by atoms with E-state index in [1.54, 1.807) is 17.9 Å². The van der Waals surface area contributed by atoms with Gasteiger partial charge in [-0.05, 0) is 25.3 Å². The minimum Gasteiger partial charge on any atom is -0.342 e. The molecule has 0 saturated carbocycles. The van der Waals surface area contributed by atoms with Crippen molar-refractivity contribution in [2.45, 2.75) is 51.6 Å². The fourth-order valence-corrected chi connectivity index (χ4v) is 3.23. The van der Waals surface area contributed by atoms with Crippen molar-refractivity contribution in [1.29, 1.82) is 0 Å². The monoisotopic (exact) mass is 354 g/mol. The lowest BCUT2D eigenvalue weighted by Gasteiger charge is -2.15. The fraction of sp³-hybridized carbons (Fsp3) is 0.588. The highest BCUT2D eigenvalue weighted by Crippen LogP contribution is 2.32. The van der Waals surface area contributed by atoms with Crippen LogP contribution in [0.25, 0.3) is 5.65 Å². The number of alkyl halides is 3. The molecule has 1 fully saturated rings. The first-order valence-corrected chi connectivity index (χ1v) is 8.58. The first-order chi connectivity index (χ1) is 11.8. The molecule has 0 N–H and O–H groups in total. The first kappa shape index (κ1) is 17.7. The molecule has 0 spiro atoms. The summed E-state index contributed by atoms with van der Waals surface area (Å²) in [4.78, 5) is 18.0. The third-order valence-electron chi connectivity index (χ3n) is 4.57. The van der Waals surface area contributed by atoms with E-state index in [2.05, 4.69) is 10.1 Å². The summed E-state index contributed by atoms with van der Waals surface area (Å²) in [6, 6.07) is 2.67. The van der Waals surface area contributed by atoms with Crippen molar-refractivity contribution >= 4 is 11.6 Å².